The lowest BCUT2D eigenvalue weighted by molar-refractivity contribution is -0.154. The third kappa shape index (κ3) is 4.61. The fourth-order valence-electron chi connectivity index (χ4n) is 1.96. The van der Waals surface area contributed by atoms with E-state index in [0.717, 1.165) is 18.4 Å². The van der Waals surface area contributed by atoms with Crippen LogP contribution in [0, 0.1) is 5.82 Å². The summed E-state index contributed by atoms with van der Waals surface area (Å²) in [6.45, 7) is 2.02. The van der Waals surface area contributed by atoms with Crippen molar-refractivity contribution in [2.24, 2.45) is 0 Å². The molecule has 1 unspecified atom stereocenters. The van der Waals surface area contributed by atoms with Gasteiger partial charge in [-0.05, 0) is 30.5 Å². The largest absolute Gasteiger partial charge is 0.462 e. The van der Waals surface area contributed by atoms with Crippen LogP contribution in [-0.2, 0) is 20.8 Å². The van der Waals surface area contributed by atoms with Crippen molar-refractivity contribution in [2.75, 3.05) is 19.8 Å². The molecule has 2 rings (SSSR count). The van der Waals surface area contributed by atoms with E-state index in [4.69, 9.17) is 9.47 Å². The molecule has 0 saturated carbocycles. The van der Waals surface area contributed by atoms with E-state index in [1.165, 1.54) is 12.1 Å². The summed E-state index contributed by atoms with van der Waals surface area (Å²) in [5.41, 5.74) is 0.866. The Kier molecular flexibility index (Phi) is 5.30. The van der Waals surface area contributed by atoms with Gasteiger partial charge in [0.15, 0.2) is 6.10 Å². The highest BCUT2D eigenvalue weighted by atomic mass is 19.1. The quantitative estimate of drug-likeness (QED) is 0.629. The second-order valence-electron chi connectivity index (χ2n) is 4.48. The first-order chi connectivity index (χ1) is 9.25. The summed E-state index contributed by atoms with van der Waals surface area (Å²) in [6, 6.07) is 6.40. The molecule has 5 heteroatoms. The van der Waals surface area contributed by atoms with E-state index in [-0.39, 0.29) is 17.9 Å². The Morgan fingerprint density at radius 1 is 1.53 bits per heavy atom. The van der Waals surface area contributed by atoms with E-state index in [1.807, 2.05) is 6.07 Å². The molecule has 1 fully saturated rings. The van der Waals surface area contributed by atoms with Gasteiger partial charge in [-0.3, -0.25) is 0 Å². The fraction of sp³-hybridized carbons (Fsp3) is 0.500. The number of nitrogens with one attached hydrogen (secondary N) is 1. The summed E-state index contributed by atoms with van der Waals surface area (Å²) in [7, 11) is 0. The average Bonchev–Trinajstić information content (AvgIpc) is 2.92. The summed E-state index contributed by atoms with van der Waals surface area (Å²) >= 11 is 0. The van der Waals surface area contributed by atoms with Crippen LogP contribution in [0.25, 0.3) is 0 Å². The Balaban J connectivity index is 1.58. The number of rotatable bonds is 6. The van der Waals surface area contributed by atoms with E-state index in [2.05, 4.69) is 5.32 Å². The number of carbonyl (C=O) groups is 1. The molecule has 104 valence electrons. The summed E-state index contributed by atoms with van der Waals surface area (Å²) in [6.07, 6.45) is 1.27. The minimum Gasteiger partial charge on any atom is -0.462 e. The predicted molar refractivity (Wildman–Crippen MR) is 68.0 cm³/mol. The molecule has 1 aliphatic rings. The Bertz CT molecular complexity index is 419. The predicted octanol–water partition coefficient (Wildman–Crippen LogP) is 1.64. The monoisotopic (exact) mass is 267 g/mol. The van der Waals surface area contributed by atoms with Gasteiger partial charge in [-0.15, -0.1) is 0 Å². The lowest BCUT2D eigenvalue weighted by atomic mass is 10.2. The number of esters is 1. The zero-order valence-corrected chi connectivity index (χ0v) is 10.7. The molecule has 0 amide bonds. The summed E-state index contributed by atoms with van der Waals surface area (Å²) in [5, 5.41) is 3.09. The second kappa shape index (κ2) is 7.21. The standard InChI is InChI=1S/C14H18FNO3/c15-12-4-1-3-11(9-12)10-16-6-8-19-14(17)13-5-2-7-18-13/h1,3-4,9,13,16H,2,5-8,10H2. The molecule has 0 aliphatic carbocycles. The zero-order chi connectivity index (χ0) is 13.5. The van der Waals surface area contributed by atoms with Crippen molar-refractivity contribution in [3.05, 3.63) is 35.6 Å². The SMILES string of the molecule is O=C(OCCNCc1cccc(F)c1)C1CCCO1. The molecule has 0 bridgehead atoms. The summed E-state index contributed by atoms with van der Waals surface area (Å²) < 4.78 is 23.2. The fourth-order valence-corrected chi connectivity index (χ4v) is 1.96. The van der Waals surface area contributed by atoms with Crippen molar-refractivity contribution < 1.29 is 18.7 Å². The van der Waals surface area contributed by atoms with Gasteiger partial charge in [-0.25, -0.2) is 9.18 Å². The molecule has 1 atom stereocenters. The van der Waals surface area contributed by atoms with Crippen LogP contribution in [0.4, 0.5) is 4.39 Å². The number of halogens is 1. The first kappa shape index (κ1) is 14.0. The van der Waals surface area contributed by atoms with E-state index < -0.39 is 0 Å². The molecule has 1 heterocycles. The normalized spacial score (nSPS) is 18.5. The van der Waals surface area contributed by atoms with Crippen LogP contribution < -0.4 is 5.32 Å². The molecule has 1 aromatic rings. The first-order valence-electron chi connectivity index (χ1n) is 6.49. The lowest BCUT2D eigenvalue weighted by Gasteiger charge is -2.10. The zero-order valence-electron chi connectivity index (χ0n) is 10.7. The van der Waals surface area contributed by atoms with E-state index >= 15 is 0 Å². The van der Waals surface area contributed by atoms with Gasteiger partial charge in [0.25, 0.3) is 0 Å². The molecular weight excluding hydrogens is 249 g/mol. The first-order valence-corrected chi connectivity index (χ1v) is 6.49. The van der Waals surface area contributed by atoms with Crippen LogP contribution in [-0.4, -0.2) is 31.8 Å². The van der Waals surface area contributed by atoms with Gasteiger partial charge < -0.3 is 14.8 Å². The highest BCUT2D eigenvalue weighted by Crippen LogP contribution is 2.12. The van der Waals surface area contributed by atoms with Gasteiger partial charge in [0, 0.05) is 19.7 Å². The van der Waals surface area contributed by atoms with Gasteiger partial charge in [-0.1, -0.05) is 12.1 Å². The third-order valence-electron chi connectivity index (χ3n) is 2.93. The van der Waals surface area contributed by atoms with Gasteiger partial charge >= 0.3 is 5.97 Å². The molecule has 1 aliphatic heterocycles. The number of carbonyl (C=O) groups excluding carboxylic acids is 1. The van der Waals surface area contributed by atoms with Gasteiger partial charge in [0.05, 0.1) is 0 Å². The molecule has 1 saturated heterocycles. The van der Waals surface area contributed by atoms with E-state index in [9.17, 15) is 9.18 Å². The third-order valence-corrected chi connectivity index (χ3v) is 2.93. The highest BCUT2D eigenvalue weighted by Gasteiger charge is 2.24. The molecule has 1 N–H and O–H groups in total. The van der Waals surface area contributed by atoms with Crippen molar-refractivity contribution in [3.8, 4) is 0 Å². The molecule has 19 heavy (non-hydrogen) atoms. The minimum atomic E-state index is -0.386. The molecule has 0 radical (unpaired) electrons. The number of benzene rings is 1. The van der Waals surface area contributed by atoms with Crippen LogP contribution >= 0.6 is 0 Å². The lowest BCUT2D eigenvalue weighted by Crippen LogP contribution is -2.26. The maximum atomic E-state index is 12.9. The molecule has 0 spiro atoms. The van der Waals surface area contributed by atoms with Crippen molar-refractivity contribution in [1.29, 1.82) is 0 Å². The van der Waals surface area contributed by atoms with Gasteiger partial charge in [-0.2, -0.15) is 0 Å². The van der Waals surface area contributed by atoms with Crippen LogP contribution in [0.15, 0.2) is 24.3 Å². The van der Waals surface area contributed by atoms with Gasteiger partial charge in [0.1, 0.15) is 12.4 Å². The Morgan fingerprint density at radius 3 is 3.16 bits per heavy atom. The minimum absolute atomic E-state index is 0.246. The van der Waals surface area contributed by atoms with Crippen LogP contribution in [0.5, 0.6) is 0 Å². The Morgan fingerprint density at radius 2 is 2.42 bits per heavy atom. The summed E-state index contributed by atoms with van der Waals surface area (Å²) in [4.78, 5) is 11.5. The van der Waals surface area contributed by atoms with Crippen molar-refractivity contribution >= 4 is 5.97 Å². The van der Waals surface area contributed by atoms with Crippen LogP contribution in [0.2, 0.25) is 0 Å². The smallest absolute Gasteiger partial charge is 0.335 e. The second-order valence-corrected chi connectivity index (χ2v) is 4.48. The highest BCUT2D eigenvalue weighted by molar-refractivity contribution is 5.74. The maximum Gasteiger partial charge on any atom is 0.335 e. The van der Waals surface area contributed by atoms with Crippen molar-refractivity contribution in [2.45, 2.75) is 25.5 Å². The van der Waals surface area contributed by atoms with Crippen molar-refractivity contribution in [1.82, 2.24) is 5.32 Å². The molecule has 0 aromatic heterocycles. The summed E-state index contributed by atoms with van der Waals surface area (Å²) in [5.74, 6) is -0.533. The average molecular weight is 267 g/mol. The Labute approximate surface area is 111 Å². The van der Waals surface area contributed by atoms with E-state index in [1.54, 1.807) is 6.07 Å². The number of hydrogen-bond donors (Lipinski definition) is 1. The van der Waals surface area contributed by atoms with Crippen LogP contribution in [0.1, 0.15) is 18.4 Å². The van der Waals surface area contributed by atoms with E-state index in [0.29, 0.717) is 26.3 Å². The number of hydrogen-bond acceptors (Lipinski definition) is 4. The topological polar surface area (TPSA) is 47.6 Å². The molecule has 4 nitrogen and oxygen atoms in total. The number of ether oxygens (including phenoxy) is 2. The van der Waals surface area contributed by atoms with Crippen molar-refractivity contribution in [3.63, 3.8) is 0 Å². The molecular formula is C14H18FNO3. The molecule has 1 aromatic carbocycles. The van der Waals surface area contributed by atoms with Crippen LogP contribution in [0.3, 0.4) is 0 Å². The maximum absolute atomic E-state index is 12.9. The van der Waals surface area contributed by atoms with Gasteiger partial charge in [0.2, 0.25) is 0 Å². The Hall–Kier alpha value is -1.46.